The minimum Gasteiger partial charge on any atom is -0.497 e. The number of anilines is 2. The molecule has 1 atom stereocenters. The molecule has 0 saturated carbocycles. The first-order valence-corrected chi connectivity index (χ1v) is 14.4. The number of methoxy groups -OCH3 is 2. The average Bonchev–Trinajstić information content (AvgIpc) is 3.04. The zero-order valence-electron chi connectivity index (χ0n) is 24.0. The minimum atomic E-state index is -0.509. The van der Waals surface area contributed by atoms with Gasteiger partial charge >= 0.3 is 0 Å². The van der Waals surface area contributed by atoms with Crippen LogP contribution in [-0.4, -0.2) is 42.2 Å². The molecule has 4 rings (SSSR count). The molecule has 0 bridgehead atoms. The highest BCUT2D eigenvalue weighted by molar-refractivity contribution is 8.00. The van der Waals surface area contributed by atoms with Gasteiger partial charge in [-0.25, -0.2) is 0 Å². The van der Waals surface area contributed by atoms with Crippen LogP contribution in [0.2, 0.25) is 0 Å². The van der Waals surface area contributed by atoms with Crippen LogP contribution >= 0.6 is 11.8 Å². The summed E-state index contributed by atoms with van der Waals surface area (Å²) in [5.41, 5.74) is 2.14. The molecule has 43 heavy (non-hydrogen) atoms. The maximum absolute atomic E-state index is 13.4. The first-order valence-electron chi connectivity index (χ1n) is 13.5. The molecule has 0 aliphatic carbocycles. The molecule has 0 aliphatic heterocycles. The highest BCUT2D eigenvalue weighted by Crippen LogP contribution is 2.32. The van der Waals surface area contributed by atoms with E-state index in [2.05, 4.69) is 20.9 Å². The van der Waals surface area contributed by atoms with Crippen molar-refractivity contribution >= 4 is 46.9 Å². The van der Waals surface area contributed by atoms with E-state index in [0.717, 1.165) is 4.90 Å². The van der Waals surface area contributed by atoms with Crippen LogP contribution in [0.25, 0.3) is 6.08 Å². The number of carbonyl (C=O) groups is 3. The SMILES string of the molecule is CCC(Sc1cccc(NC(=O)/C(=C/c2cccnc2)NC(=O)c2ccccc2)c1)C(=O)Nc1cc(OC)ccc1OC. The number of thioether (sulfide) groups is 1. The Bertz CT molecular complexity index is 1600. The van der Waals surface area contributed by atoms with E-state index in [-0.39, 0.29) is 11.6 Å². The number of rotatable bonds is 12. The molecule has 3 amide bonds. The van der Waals surface area contributed by atoms with Gasteiger partial charge in [0.25, 0.3) is 11.8 Å². The van der Waals surface area contributed by atoms with Crippen molar-refractivity contribution in [3.63, 3.8) is 0 Å². The molecule has 220 valence electrons. The van der Waals surface area contributed by atoms with E-state index in [1.807, 2.05) is 19.1 Å². The van der Waals surface area contributed by atoms with Crippen LogP contribution in [0.5, 0.6) is 11.5 Å². The maximum Gasteiger partial charge on any atom is 0.272 e. The predicted octanol–water partition coefficient (Wildman–Crippen LogP) is 6.02. The first-order chi connectivity index (χ1) is 20.9. The second kappa shape index (κ2) is 15.2. The average molecular weight is 597 g/mol. The third-order valence-corrected chi connectivity index (χ3v) is 7.58. The number of benzene rings is 3. The van der Waals surface area contributed by atoms with Gasteiger partial charge in [-0.2, -0.15) is 0 Å². The van der Waals surface area contributed by atoms with Gasteiger partial charge in [0.2, 0.25) is 5.91 Å². The molecule has 0 aliphatic rings. The quantitative estimate of drug-likeness (QED) is 0.135. The van der Waals surface area contributed by atoms with Crippen molar-refractivity contribution in [1.29, 1.82) is 0 Å². The van der Waals surface area contributed by atoms with Crippen LogP contribution in [0.3, 0.4) is 0 Å². The van der Waals surface area contributed by atoms with Crippen molar-refractivity contribution in [2.24, 2.45) is 0 Å². The Morgan fingerprint density at radius 3 is 2.42 bits per heavy atom. The summed E-state index contributed by atoms with van der Waals surface area (Å²) < 4.78 is 10.7. The van der Waals surface area contributed by atoms with Crippen molar-refractivity contribution in [2.75, 3.05) is 24.9 Å². The van der Waals surface area contributed by atoms with E-state index < -0.39 is 17.1 Å². The van der Waals surface area contributed by atoms with Gasteiger partial charge in [-0.3, -0.25) is 19.4 Å². The molecule has 1 heterocycles. The Morgan fingerprint density at radius 2 is 1.72 bits per heavy atom. The lowest BCUT2D eigenvalue weighted by atomic mass is 10.2. The maximum atomic E-state index is 13.4. The van der Waals surface area contributed by atoms with Crippen molar-refractivity contribution in [1.82, 2.24) is 10.3 Å². The number of nitrogens with one attached hydrogen (secondary N) is 3. The van der Waals surface area contributed by atoms with E-state index in [0.29, 0.717) is 40.4 Å². The predicted molar refractivity (Wildman–Crippen MR) is 169 cm³/mol. The molecule has 3 aromatic carbocycles. The summed E-state index contributed by atoms with van der Waals surface area (Å²) >= 11 is 1.37. The molecular formula is C33H32N4O5S. The lowest BCUT2D eigenvalue weighted by Crippen LogP contribution is -2.30. The second-order valence-electron chi connectivity index (χ2n) is 9.22. The summed E-state index contributed by atoms with van der Waals surface area (Å²) in [5, 5.41) is 8.09. The Balaban J connectivity index is 1.49. The minimum absolute atomic E-state index is 0.0537. The Morgan fingerprint density at radius 1 is 0.907 bits per heavy atom. The number of hydrogen-bond donors (Lipinski definition) is 3. The summed E-state index contributed by atoms with van der Waals surface area (Å²) in [6, 6.07) is 24.5. The summed E-state index contributed by atoms with van der Waals surface area (Å²) in [6.07, 6.45) is 5.34. The van der Waals surface area contributed by atoms with Crippen LogP contribution in [0.4, 0.5) is 11.4 Å². The third kappa shape index (κ3) is 8.70. The largest absolute Gasteiger partial charge is 0.497 e. The Kier molecular flexibility index (Phi) is 10.9. The fourth-order valence-electron chi connectivity index (χ4n) is 4.03. The number of aromatic nitrogens is 1. The van der Waals surface area contributed by atoms with Crippen LogP contribution in [0.15, 0.2) is 108 Å². The van der Waals surface area contributed by atoms with Crippen molar-refractivity contribution in [2.45, 2.75) is 23.5 Å². The summed E-state index contributed by atoms with van der Waals surface area (Å²) in [6.45, 7) is 1.93. The summed E-state index contributed by atoms with van der Waals surface area (Å²) in [7, 11) is 3.09. The molecule has 0 radical (unpaired) electrons. The summed E-state index contributed by atoms with van der Waals surface area (Å²) in [4.78, 5) is 44.3. The molecular weight excluding hydrogens is 564 g/mol. The summed E-state index contributed by atoms with van der Waals surface area (Å²) in [5.74, 6) is -0.00554. The Hall–Kier alpha value is -5.09. The standard InChI is InChI=1S/C33H32N4O5S/c1-4-30(33(40)36-27-20-25(41-2)15-16-29(27)42-3)43-26-14-8-13-24(19-26)35-32(39)28(18-22-10-9-17-34-21-22)37-31(38)23-11-6-5-7-12-23/h5-21,30H,4H2,1-3H3,(H,35,39)(H,36,40)(H,37,38)/b28-18-. The lowest BCUT2D eigenvalue weighted by molar-refractivity contribution is -0.116. The second-order valence-corrected chi connectivity index (χ2v) is 10.5. The molecule has 1 unspecified atom stereocenters. The van der Waals surface area contributed by atoms with Gasteiger partial charge in [0, 0.05) is 34.6 Å². The highest BCUT2D eigenvalue weighted by Gasteiger charge is 2.21. The van der Waals surface area contributed by atoms with Gasteiger partial charge in [-0.15, -0.1) is 11.8 Å². The van der Waals surface area contributed by atoms with Gasteiger partial charge in [-0.05, 0) is 66.6 Å². The van der Waals surface area contributed by atoms with Gasteiger partial charge in [0.15, 0.2) is 0 Å². The van der Waals surface area contributed by atoms with Crippen molar-refractivity contribution in [3.8, 4) is 11.5 Å². The molecule has 1 aromatic heterocycles. The zero-order chi connectivity index (χ0) is 30.6. The van der Waals surface area contributed by atoms with Crippen LogP contribution in [-0.2, 0) is 9.59 Å². The topological polar surface area (TPSA) is 119 Å². The molecule has 0 saturated heterocycles. The monoisotopic (exact) mass is 596 g/mol. The van der Waals surface area contributed by atoms with Crippen molar-refractivity contribution < 1.29 is 23.9 Å². The smallest absolute Gasteiger partial charge is 0.272 e. The molecule has 9 nitrogen and oxygen atoms in total. The number of amides is 3. The first kappa shape index (κ1) is 30.9. The van der Waals surface area contributed by atoms with Crippen LogP contribution in [0, 0.1) is 0 Å². The van der Waals surface area contributed by atoms with E-state index in [1.165, 1.54) is 18.9 Å². The van der Waals surface area contributed by atoms with Crippen molar-refractivity contribution in [3.05, 3.63) is 114 Å². The van der Waals surface area contributed by atoms with E-state index in [9.17, 15) is 14.4 Å². The molecule has 10 heteroatoms. The highest BCUT2D eigenvalue weighted by atomic mass is 32.2. The number of pyridine rings is 1. The number of ether oxygens (including phenoxy) is 2. The van der Waals surface area contributed by atoms with E-state index in [1.54, 1.807) is 98.4 Å². The Labute approximate surface area is 254 Å². The van der Waals surface area contributed by atoms with Gasteiger partial charge in [0.05, 0.1) is 25.2 Å². The fraction of sp³-hybridized carbons (Fsp3) is 0.152. The van der Waals surface area contributed by atoms with Crippen LogP contribution in [0.1, 0.15) is 29.3 Å². The number of carbonyl (C=O) groups excluding carboxylic acids is 3. The lowest BCUT2D eigenvalue weighted by Gasteiger charge is -2.17. The zero-order valence-corrected chi connectivity index (χ0v) is 24.8. The molecule has 3 N–H and O–H groups in total. The van der Waals surface area contributed by atoms with Crippen LogP contribution < -0.4 is 25.4 Å². The molecule has 4 aromatic rings. The fourth-order valence-corrected chi connectivity index (χ4v) is 5.04. The van der Waals surface area contributed by atoms with Gasteiger partial charge in [0.1, 0.15) is 17.2 Å². The normalized spacial score (nSPS) is 11.7. The van der Waals surface area contributed by atoms with Gasteiger partial charge in [-0.1, -0.05) is 37.3 Å². The molecule has 0 fully saturated rings. The van der Waals surface area contributed by atoms with E-state index >= 15 is 0 Å². The third-order valence-electron chi connectivity index (χ3n) is 6.22. The number of nitrogens with zero attached hydrogens (tertiary/aromatic N) is 1. The number of hydrogen-bond acceptors (Lipinski definition) is 7. The molecule has 0 spiro atoms. The van der Waals surface area contributed by atoms with Gasteiger partial charge < -0.3 is 25.4 Å². The van der Waals surface area contributed by atoms with E-state index in [4.69, 9.17) is 9.47 Å².